The van der Waals surface area contributed by atoms with Crippen LogP contribution < -0.4 is 10.0 Å². The van der Waals surface area contributed by atoms with Crippen molar-refractivity contribution in [2.75, 3.05) is 11.9 Å². The molecule has 2 N–H and O–H groups in total. The van der Waals surface area contributed by atoms with Crippen molar-refractivity contribution in [3.05, 3.63) is 70.2 Å². The van der Waals surface area contributed by atoms with Crippen LogP contribution in [0.2, 0.25) is 0 Å². The Morgan fingerprint density at radius 2 is 1.97 bits per heavy atom. The Balaban J connectivity index is 1.72. The summed E-state index contributed by atoms with van der Waals surface area (Å²) in [6.07, 6.45) is 1.67. The average molecular weight is 476 g/mol. The molecule has 3 aromatic rings. The Morgan fingerprint density at radius 3 is 2.71 bits per heavy atom. The fourth-order valence-electron chi connectivity index (χ4n) is 2.81. The standard InChI is InChI=1S/C22H25N3O3S3/c1-3-4-12-23-31(27,28)19-9-7-8-17(13-19)25-22(26)20-10-5-6-11-21(20)30-15-18-14-29-16(2)24-18/h5-11,13-14,23H,3-4,12,15H2,1-2H3,(H,25,26). The van der Waals surface area contributed by atoms with E-state index < -0.39 is 10.0 Å². The third-order valence-electron chi connectivity index (χ3n) is 4.40. The molecule has 0 aliphatic heterocycles. The van der Waals surface area contributed by atoms with Gasteiger partial charge >= 0.3 is 0 Å². The van der Waals surface area contributed by atoms with Crippen molar-refractivity contribution in [3.63, 3.8) is 0 Å². The molecule has 9 heteroatoms. The van der Waals surface area contributed by atoms with E-state index in [2.05, 4.69) is 15.0 Å². The van der Waals surface area contributed by atoms with Crippen LogP contribution in [-0.2, 0) is 15.8 Å². The molecule has 0 atom stereocenters. The van der Waals surface area contributed by atoms with Crippen LogP contribution in [-0.4, -0.2) is 25.9 Å². The van der Waals surface area contributed by atoms with E-state index in [0.717, 1.165) is 28.4 Å². The lowest BCUT2D eigenvalue weighted by Gasteiger charge is -2.11. The maximum Gasteiger partial charge on any atom is 0.256 e. The molecule has 0 fully saturated rings. The summed E-state index contributed by atoms with van der Waals surface area (Å²) in [7, 11) is -3.61. The SMILES string of the molecule is CCCCNS(=O)(=O)c1cccc(NC(=O)c2ccccc2SCc2csc(C)n2)c1. The number of aromatic nitrogens is 1. The quantitative estimate of drug-likeness (QED) is 0.316. The highest BCUT2D eigenvalue weighted by molar-refractivity contribution is 7.98. The van der Waals surface area contributed by atoms with Gasteiger partial charge in [0.15, 0.2) is 0 Å². The minimum absolute atomic E-state index is 0.128. The summed E-state index contributed by atoms with van der Waals surface area (Å²) in [6, 6.07) is 13.6. The topological polar surface area (TPSA) is 88.2 Å². The molecule has 0 saturated heterocycles. The summed E-state index contributed by atoms with van der Waals surface area (Å²) < 4.78 is 27.5. The predicted molar refractivity (Wildman–Crippen MR) is 127 cm³/mol. The molecular formula is C22H25N3O3S3. The van der Waals surface area contributed by atoms with Gasteiger partial charge in [0.05, 0.1) is 21.2 Å². The van der Waals surface area contributed by atoms with Gasteiger partial charge in [-0.1, -0.05) is 31.5 Å². The van der Waals surface area contributed by atoms with Gasteiger partial charge in [0, 0.05) is 28.3 Å². The molecular weight excluding hydrogens is 450 g/mol. The molecule has 0 aliphatic rings. The van der Waals surface area contributed by atoms with Gasteiger partial charge in [0.25, 0.3) is 5.91 Å². The zero-order valence-corrected chi connectivity index (χ0v) is 19.9. The molecule has 3 rings (SSSR count). The van der Waals surface area contributed by atoms with Crippen molar-refractivity contribution in [2.24, 2.45) is 0 Å². The predicted octanol–water partition coefficient (Wildman–Crippen LogP) is 5.07. The number of rotatable bonds is 10. The molecule has 0 bridgehead atoms. The highest BCUT2D eigenvalue weighted by Gasteiger charge is 2.16. The highest BCUT2D eigenvalue weighted by atomic mass is 32.2. The van der Waals surface area contributed by atoms with E-state index in [1.807, 2.05) is 37.4 Å². The molecule has 1 aromatic heterocycles. The fraction of sp³-hybridized carbons (Fsp3) is 0.273. The minimum atomic E-state index is -3.61. The van der Waals surface area contributed by atoms with Crippen molar-refractivity contribution in [2.45, 2.75) is 42.2 Å². The first kappa shape index (κ1) is 23.5. The second-order valence-corrected chi connectivity index (χ2v) is 10.7. The minimum Gasteiger partial charge on any atom is -0.322 e. The number of aryl methyl sites for hydroxylation is 1. The third kappa shape index (κ3) is 6.64. The molecule has 31 heavy (non-hydrogen) atoms. The number of hydrogen-bond donors (Lipinski definition) is 2. The molecule has 164 valence electrons. The Morgan fingerprint density at radius 1 is 1.16 bits per heavy atom. The zero-order chi connectivity index (χ0) is 22.3. The van der Waals surface area contributed by atoms with E-state index >= 15 is 0 Å². The first-order valence-corrected chi connectivity index (χ1v) is 13.3. The molecule has 0 aliphatic carbocycles. The number of anilines is 1. The lowest BCUT2D eigenvalue weighted by atomic mass is 10.2. The van der Waals surface area contributed by atoms with Gasteiger partial charge in [-0.05, 0) is 43.7 Å². The third-order valence-corrected chi connectivity index (χ3v) is 7.79. The number of unbranched alkanes of at least 4 members (excludes halogenated alkanes) is 1. The highest BCUT2D eigenvalue weighted by Crippen LogP contribution is 2.27. The normalized spacial score (nSPS) is 11.4. The van der Waals surface area contributed by atoms with Crippen LogP contribution in [0.15, 0.2) is 63.7 Å². The van der Waals surface area contributed by atoms with Crippen molar-refractivity contribution in [1.29, 1.82) is 0 Å². The summed E-state index contributed by atoms with van der Waals surface area (Å²) >= 11 is 3.15. The van der Waals surface area contributed by atoms with Gasteiger partial charge in [0.1, 0.15) is 0 Å². The lowest BCUT2D eigenvalue weighted by molar-refractivity contribution is 0.102. The number of carbonyl (C=O) groups is 1. The van der Waals surface area contributed by atoms with Crippen molar-refractivity contribution in [1.82, 2.24) is 9.71 Å². The number of carbonyl (C=O) groups excluding carboxylic acids is 1. The van der Waals surface area contributed by atoms with E-state index in [1.165, 1.54) is 12.1 Å². The van der Waals surface area contributed by atoms with Gasteiger partial charge in [-0.15, -0.1) is 23.1 Å². The van der Waals surface area contributed by atoms with Crippen LogP contribution in [0.3, 0.4) is 0 Å². The van der Waals surface area contributed by atoms with Gasteiger partial charge in [-0.3, -0.25) is 4.79 Å². The van der Waals surface area contributed by atoms with E-state index in [1.54, 1.807) is 41.3 Å². The van der Waals surface area contributed by atoms with Crippen molar-refractivity contribution >= 4 is 44.7 Å². The van der Waals surface area contributed by atoms with E-state index in [0.29, 0.717) is 23.5 Å². The van der Waals surface area contributed by atoms with E-state index in [4.69, 9.17) is 0 Å². The van der Waals surface area contributed by atoms with Crippen LogP contribution in [0.1, 0.15) is 40.8 Å². The number of nitrogens with one attached hydrogen (secondary N) is 2. The van der Waals surface area contributed by atoms with Crippen LogP contribution in [0.4, 0.5) is 5.69 Å². The van der Waals surface area contributed by atoms with Crippen LogP contribution in [0.5, 0.6) is 0 Å². The fourth-order valence-corrected chi connectivity index (χ4v) is 5.59. The van der Waals surface area contributed by atoms with Gasteiger partial charge in [-0.25, -0.2) is 18.1 Å². The number of amides is 1. The maximum absolute atomic E-state index is 12.9. The number of thioether (sulfide) groups is 1. The lowest BCUT2D eigenvalue weighted by Crippen LogP contribution is -2.24. The number of nitrogens with zero attached hydrogens (tertiary/aromatic N) is 1. The first-order chi connectivity index (χ1) is 14.9. The van der Waals surface area contributed by atoms with Crippen LogP contribution in [0.25, 0.3) is 0 Å². The average Bonchev–Trinajstić information content (AvgIpc) is 3.18. The molecule has 0 radical (unpaired) electrons. The Labute approximate surface area is 191 Å². The van der Waals surface area contributed by atoms with Crippen molar-refractivity contribution < 1.29 is 13.2 Å². The maximum atomic E-state index is 12.9. The van der Waals surface area contributed by atoms with Crippen LogP contribution >= 0.6 is 23.1 Å². The van der Waals surface area contributed by atoms with Crippen LogP contribution in [0, 0.1) is 6.92 Å². The van der Waals surface area contributed by atoms with Gasteiger partial charge in [-0.2, -0.15) is 0 Å². The number of sulfonamides is 1. The number of thiazole rings is 1. The first-order valence-electron chi connectivity index (χ1n) is 9.93. The Bertz CT molecular complexity index is 1140. The van der Waals surface area contributed by atoms with E-state index in [9.17, 15) is 13.2 Å². The Kier molecular flexibility index (Phi) is 8.25. The van der Waals surface area contributed by atoms with Crippen molar-refractivity contribution in [3.8, 4) is 0 Å². The molecule has 0 saturated carbocycles. The smallest absolute Gasteiger partial charge is 0.256 e. The molecule has 0 spiro atoms. The largest absolute Gasteiger partial charge is 0.322 e. The van der Waals surface area contributed by atoms with Gasteiger partial charge in [0.2, 0.25) is 10.0 Å². The second kappa shape index (κ2) is 10.9. The number of hydrogen-bond acceptors (Lipinski definition) is 6. The van der Waals surface area contributed by atoms with Gasteiger partial charge < -0.3 is 5.32 Å². The molecule has 1 amide bonds. The summed E-state index contributed by atoms with van der Waals surface area (Å²) in [6.45, 7) is 4.35. The molecule has 1 heterocycles. The number of benzene rings is 2. The molecule has 6 nitrogen and oxygen atoms in total. The monoisotopic (exact) mass is 475 g/mol. The Hall–Kier alpha value is -2.20. The summed E-state index contributed by atoms with van der Waals surface area (Å²) in [4.78, 5) is 18.4. The molecule has 2 aromatic carbocycles. The molecule has 0 unspecified atom stereocenters. The zero-order valence-electron chi connectivity index (χ0n) is 17.4. The summed E-state index contributed by atoms with van der Waals surface area (Å²) in [5.41, 5.74) is 1.95. The second-order valence-electron chi connectivity index (χ2n) is 6.88. The summed E-state index contributed by atoms with van der Waals surface area (Å²) in [5.74, 6) is 0.386. The summed E-state index contributed by atoms with van der Waals surface area (Å²) in [5, 5.41) is 5.86. The van der Waals surface area contributed by atoms with E-state index in [-0.39, 0.29) is 10.8 Å².